The van der Waals surface area contributed by atoms with Crippen molar-refractivity contribution in [1.82, 2.24) is 4.90 Å². The van der Waals surface area contributed by atoms with Gasteiger partial charge >= 0.3 is 0 Å². The van der Waals surface area contributed by atoms with Gasteiger partial charge in [0.1, 0.15) is 0 Å². The largest absolute Gasteiger partial charge is 0.383 e. The number of nitrogens with zero attached hydrogens (tertiary/aromatic N) is 2. The molecule has 1 fully saturated rings. The summed E-state index contributed by atoms with van der Waals surface area (Å²) in [7, 11) is 1.76. The molecule has 2 rings (SSSR count). The van der Waals surface area contributed by atoms with Crippen LogP contribution in [-0.4, -0.2) is 50.8 Å². The maximum atomic E-state index is 6.05. The van der Waals surface area contributed by atoms with Crippen molar-refractivity contribution in [2.24, 2.45) is 16.6 Å². The molecule has 1 heterocycles. The van der Waals surface area contributed by atoms with Crippen LogP contribution in [0.15, 0.2) is 29.3 Å². The van der Waals surface area contributed by atoms with Gasteiger partial charge in [0.15, 0.2) is 5.96 Å². The number of anilines is 1. The number of rotatable bonds is 7. The number of hydrogen-bond donors (Lipinski definition) is 2. The van der Waals surface area contributed by atoms with Crippen LogP contribution >= 0.6 is 24.0 Å². The Morgan fingerprint density at radius 2 is 2.08 bits per heavy atom. The lowest BCUT2D eigenvalue weighted by Gasteiger charge is -2.30. The van der Waals surface area contributed by atoms with Crippen molar-refractivity contribution >= 4 is 35.6 Å². The van der Waals surface area contributed by atoms with E-state index in [4.69, 9.17) is 10.5 Å². The molecule has 25 heavy (non-hydrogen) atoms. The molecule has 0 radical (unpaired) electrons. The Kier molecular flexibility index (Phi) is 10.4. The Morgan fingerprint density at radius 1 is 1.36 bits per heavy atom. The fourth-order valence-electron chi connectivity index (χ4n) is 3.00. The second kappa shape index (κ2) is 11.7. The average Bonchev–Trinajstić information content (AvgIpc) is 2.59. The van der Waals surface area contributed by atoms with E-state index in [1.165, 1.54) is 18.4 Å². The van der Waals surface area contributed by atoms with Crippen molar-refractivity contribution in [2.45, 2.75) is 32.6 Å². The van der Waals surface area contributed by atoms with Crippen LogP contribution in [0.1, 0.15) is 38.2 Å². The first-order valence-corrected chi connectivity index (χ1v) is 8.96. The van der Waals surface area contributed by atoms with Crippen molar-refractivity contribution in [1.29, 1.82) is 0 Å². The summed E-state index contributed by atoms with van der Waals surface area (Å²) in [6.45, 7) is 9.30. The summed E-state index contributed by atoms with van der Waals surface area (Å²) < 4.78 is 5.14. The SMILES string of the molecule is COCCN1CCC(CN=C(N)Nc2cccc(C(C)C)c2)CC1.I. The van der Waals surface area contributed by atoms with Gasteiger partial charge in [-0.1, -0.05) is 26.0 Å². The number of ether oxygens (including phenoxy) is 1. The van der Waals surface area contributed by atoms with Crippen LogP contribution < -0.4 is 11.1 Å². The minimum Gasteiger partial charge on any atom is -0.383 e. The number of hydrogen-bond acceptors (Lipinski definition) is 3. The molecule has 0 bridgehead atoms. The van der Waals surface area contributed by atoms with Gasteiger partial charge in [-0.15, -0.1) is 24.0 Å². The van der Waals surface area contributed by atoms with E-state index in [0.717, 1.165) is 38.5 Å². The highest BCUT2D eigenvalue weighted by atomic mass is 127. The van der Waals surface area contributed by atoms with E-state index in [2.05, 4.69) is 47.3 Å². The molecule has 1 aromatic rings. The van der Waals surface area contributed by atoms with Crippen LogP contribution in [0.5, 0.6) is 0 Å². The summed E-state index contributed by atoms with van der Waals surface area (Å²) in [5, 5.41) is 3.21. The van der Waals surface area contributed by atoms with Crippen LogP contribution in [0.4, 0.5) is 5.69 Å². The number of methoxy groups -OCH3 is 1. The quantitative estimate of drug-likeness (QED) is 0.372. The van der Waals surface area contributed by atoms with Crippen molar-refractivity contribution in [3.8, 4) is 0 Å². The predicted molar refractivity (Wildman–Crippen MR) is 117 cm³/mol. The molecule has 0 unspecified atom stereocenters. The van der Waals surface area contributed by atoms with Crippen LogP contribution in [0.25, 0.3) is 0 Å². The summed E-state index contributed by atoms with van der Waals surface area (Å²) >= 11 is 0. The van der Waals surface area contributed by atoms with Gasteiger partial charge in [-0.25, -0.2) is 0 Å². The molecule has 142 valence electrons. The first-order chi connectivity index (χ1) is 11.6. The molecule has 0 aliphatic carbocycles. The number of likely N-dealkylation sites (tertiary alicyclic amines) is 1. The van der Waals surface area contributed by atoms with E-state index in [9.17, 15) is 0 Å². The smallest absolute Gasteiger partial charge is 0.193 e. The van der Waals surface area contributed by atoms with Gasteiger partial charge < -0.3 is 20.7 Å². The Labute approximate surface area is 169 Å². The van der Waals surface area contributed by atoms with Crippen molar-refractivity contribution < 1.29 is 4.74 Å². The third kappa shape index (κ3) is 7.92. The standard InChI is InChI=1S/C19H32N4O.HI/c1-15(2)17-5-4-6-18(13-17)22-19(20)21-14-16-7-9-23(10-8-16)11-12-24-3;/h4-6,13,15-16H,7-12,14H2,1-3H3,(H3,20,21,22);1H. The normalized spacial score (nSPS) is 16.7. The molecule has 1 saturated heterocycles. The summed E-state index contributed by atoms with van der Waals surface area (Å²) in [6, 6.07) is 8.37. The molecular formula is C19H33IN4O. The van der Waals surface area contributed by atoms with Crippen LogP contribution in [0.2, 0.25) is 0 Å². The van der Waals surface area contributed by atoms with E-state index in [0.29, 0.717) is 17.8 Å². The zero-order chi connectivity index (χ0) is 17.4. The van der Waals surface area contributed by atoms with Gasteiger partial charge in [-0.2, -0.15) is 0 Å². The number of benzene rings is 1. The topological polar surface area (TPSA) is 62.9 Å². The van der Waals surface area contributed by atoms with E-state index in [1.807, 2.05) is 6.07 Å². The predicted octanol–water partition coefficient (Wildman–Crippen LogP) is 3.51. The van der Waals surface area contributed by atoms with Crippen LogP contribution in [-0.2, 0) is 4.74 Å². The number of aliphatic imine (C=N–C) groups is 1. The fraction of sp³-hybridized carbons (Fsp3) is 0.632. The molecule has 0 spiro atoms. The minimum absolute atomic E-state index is 0. The Morgan fingerprint density at radius 3 is 2.72 bits per heavy atom. The minimum atomic E-state index is 0. The number of halogens is 1. The van der Waals surface area contributed by atoms with Crippen molar-refractivity contribution in [3.63, 3.8) is 0 Å². The van der Waals surface area contributed by atoms with E-state index in [-0.39, 0.29) is 24.0 Å². The highest BCUT2D eigenvalue weighted by Crippen LogP contribution is 2.19. The highest BCUT2D eigenvalue weighted by molar-refractivity contribution is 14.0. The first kappa shape index (κ1) is 22.2. The average molecular weight is 460 g/mol. The number of piperidine rings is 1. The summed E-state index contributed by atoms with van der Waals surface area (Å²) in [4.78, 5) is 7.01. The Balaban J connectivity index is 0.00000312. The second-order valence-corrected chi connectivity index (χ2v) is 6.91. The Bertz CT molecular complexity index is 528. The summed E-state index contributed by atoms with van der Waals surface area (Å²) in [5.41, 5.74) is 8.37. The van der Waals surface area contributed by atoms with Gasteiger partial charge in [0.05, 0.1) is 6.61 Å². The maximum Gasteiger partial charge on any atom is 0.193 e. The summed E-state index contributed by atoms with van der Waals surface area (Å²) in [5.74, 6) is 1.65. The van der Waals surface area contributed by atoms with Gasteiger partial charge in [-0.3, -0.25) is 4.99 Å². The van der Waals surface area contributed by atoms with Crippen LogP contribution in [0, 0.1) is 5.92 Å². The molecular weight excluding hydrogens is 427 g/mol. The monoisotopic (exact) mass is 460 g/mol. The third-order valence-electron chi connectivity index (χ3n) is 4.66. The lowest BCUT2D eigenvalue weighted by Crippen LogP contribution is -2.37. The molecule has 1 aromatic carbocycles. The molecule has 1 aliphatic heterocycles. The number of nitrogens with one attached hydrogen (secondary N) is 1. The first-order valence-electron chi connectivity index (χ1n) is 8.96. The highest BCUT2D eigenvalue weighted by Gasteiger charge is 2.18. The second-order valence-electron chi connectivity index (χ2n) is 6.91. The van der Waals surface area contributed by atoms with Crippen molar-refractivity contribution in [3.05, 3.63) is 29.8 Å². The lowest BCUT2D eigenvalue weighted by molar-refractivity contribution is 0.121. The van der Waals surface area contributed by atoms with Crippen LogP contribution in [0.3, 0.4) is 0 Å². The van der Waals surface area contributed by atoms with Gasteiger partial charge in [0.2, 0.25) is 0 Å². The van der Waals surface area contributed by atoms with Crippen molar-refractivity contribution in [2.75, 3.05) is 45.2 Å². The molecule has 5 nitrogen and oxygen atoms in total. The lowest BCUT2D eigenvalue weighted by atomic mass is 9.97. The molecule has 1 aliphatic rings. The zero-order valence-corrected chi connectivity index (χ0v) is 18.0. The fourth-order valence-corrected chi connectivity index (χ4v) is 3.00. The maximum absolute atomic E-state index is 6.05. The van der Waals surface area contributed by atoms with Gasteiger partial charge in [0, 0.05) is 25.9 Å². The van der Waals surface area contributed by atoms with E-state index < -0.39 is 0 Å². The number of nitrogens with two attached hydrogens (primary N) is 1. The van der Waals surface area contributed by atoms with E-state index >= 15 is 0 Å². The molecule has 0 saturated carbocycles. The molecule has 0 atom stereocenters. The Hall–Kier alpha value is -0.860. The zero-order valence-electron chi connectivity index (χ0n) is 15.7. The summed E-state index contributed by atoms with van der Waals surface area (Å²) in [6.07, 6.45) is 2.37. The van der Waals surface area contributed by atoms with Gasteiger partial charge in [-0.05, 0) is 55.5 Å². The number of guanidine groups is 1. The molecule has 3 N–H and O–H groups in total. The third-order valence-corrected chi connectivity index (χ3v) is 4.66. The van der Waals surface area contributed by atoms with E-state index in [1.54, 1.807) is 7.11 Å². The molecule has 0 amide bonds. The van der Waals surface area contributed by atoms with Gasteiger partial charge in [0.25, 0.3) is 0 Å². The molecule has 6 heteroatoms. The molecule has 0 aromatic heterocycles.